The van der Waals surface area contributed by atoms with Gasteiger partial charge >= 0.3 is 0 Å². The molecule has 2 aromatic rings. The van der Waals surface area contributed by atoms with Gasteiger partial charge in [-0.1, -0.05) is 13.0 Å². The minimum Gasteiger partial charge on any atom is -0.497 e. The maximum atomic E-state index is 12.0. The van der Waals surface area contributed by atoms with Gasteiger partial charge in [0.25, 0.3) is 11.8 Å². The number of ether oxygens (including phenoxy) is 2. The van der Waals surface area contributed by atoms with Crippen LogP contribution in [0.2, 0.25) is 0 Å². The van der Waals surface area contributed by atoms with Gasteiger partial charge in [0.1, 0.15) is 16.5 Å². The lowest BCUT2D eigenvalue weighted by Crippen LogP contribution is -2.21. The van der Waals surface area contributed by atoms with E-state index in [0.717, 1.165) is 11.3 Å². The summed E-state index contributed by atoms with van der Waals surface area (Å²) in [7, 11) is 1.55. The van der Waals surface area contributed by atoms with E-state index in [-0.39, 0.29) is 12.5 Å². The van der Waals surface area contributed by atoms with Crippen LogP contribution in [-0.4, -0.2) is 25.5 Å². The molecule has 0 aliphatic heterocycles. The van der Waals surface area contributed by atoms with Crippen LogP contribution in [0.5, 0.6) is 11.5 Å². The van der Waals surface area contributed by atoms with E-state index < -0.39 is 5.91 Å². The maximum absolute atomic E-state index is 12.0. The molecule has 0 aliphatic carbocycles. The van der Waals surface area contributed by atoms with Crippen LogP contribution in [-0.2, 0) is 11.2 Å². The van der Waals surface area contributed by atoms with E-state index in [1.54, 1.807) is 37.4 Å². The van der Waals surface area contributed by atoms with E-state index in [9.17, 15) is 9.59 Å². The number of carbonyl (C=O) groups is 2. The zero-order chi connectivity index (χ0) is 16.8. The van der Waals surface area contributed by atoms with E-state index in [1.807, 2.05) is 6.92 Å². The first-order valence-corrected chi connectivity index (χ1v) is 7.84. The number of hydrogen-bond donors (Lipinski definition) is 2. The van der Waals surface area contributed by atoms with Crippen molar-refractivity contribution < 1.29 is 19.1 Å². The van der Waals surface area contributed by atoms with Crippen LogP contribution in [0.1, 0.15) is 22.2 Å². The van der Waals surface area contributed by atoms with Crippen molar-refractivity contribution in [1.29, 1.82) is 0 Å². The van der Waals surface area contributed by atoms with Gasteiger partial charge in [-0.3, -0.25) is 9.59 Å². The van der Waals surface area contributed by atoms with Gasteiger partial charge in [-0.15, -0.1) is 11.3 Å². The molecule has 0 fully saturated rings. The van der Waals surface area contributed by atoms with Crippen LogP contribution in [0, 0.1) is 0 Å². The van der Waals surface area contributed by atoms with Gasteiger partial charge in [-0.05, 0) is 24.6 Å². The van der Waals surface area contributed by atoms with E-state index in [1.165, 1.54) is 11.3 Å². The number of primary amides is 1. The normalized spacial score (nSPS) is 10.2. The third-order valence-corrected chi connectivity index (χ3v) is 4.26. The molecule has 1 heterocycles. The number of amides is 2. The first-order chi connectivity index (χ1) is 11.0. The third kappa shape index (κ3) is 4.46. The molecular weight excluding hydrogens is 316 g/mol. The van der Waals surface area contributed by atoms with Crippen molar-refractivity contribution in [1.82, 2.24) is 0 Å². The van der Waals surface area contributed by atoms with Gasteiger partial charge in [0.2, 0.25) is 0 Å². The molecule has 1 aromatic carbocycles. The molecule has 23 heavy (non-hydrogen) atoms. The summed E-state index contributed by atoms with van der Waals surface area (Å²) in [4.78, 5) is 24.4. The van der Waals surface area contributed by atoms with Crippen LogP contribution >= 0.6 is 11.3 Å². The molecule has 6 nitrogen and oxygen atoms in total. The fourth-order valence-corrected chi connectivity index (χ4v) is 2.91. The van der Waals surface area contributed by atoms with Crippen LogP contribution in [0.25, 0.3) is 0 Å². The molecule has 0 unspecified atom stereocenters. The summed E-state index contributed by atoms with van der Waals surface area (Å²) in [5.41, 5.74) is 5.65. The Bertz CT molecular complexity index is 712. The number of thiophene rings is 1. The van der Waals surface area contributed by atoms with Crippen molar-refractivity contribution in [2.75, 3.05) is 19.0 Å². The highest BCUT2D eigenvalue weighted by atomic mass is 32.1. The van der Waals surface area contributed by atoms with Crippen molar-refractivity contribution >= 4 is 28.2 Å². The summed E-state index contributed by atoms with van der Waals surface area (Å²) in [5, 5.41) is 3.12. The second-order valence-electron chi connectivity index (χ2n) is 4.69. The Balaban J connectivity index is 1.99. The number of methoxy groups -OCH3 is 1. The topological polar surface area (TPSA) is 90.7 Å². The van der Waals surface area contributed by atoms with Gasteiger partial charge in [0.05, 0.1) is 12.7 Å². The van der Waals surface area contributed by atoms with Gasteiger partial charge in [-0.25, -0.2) is 0 Å². The lowest BCUT2D eigenvalue weighted by molar-refractivity contribution is -0.118. The van der Waals surface area contributed by atoms with Crippen molar-refractivity contribution in [3.8, 4) is 11.5 Å². The molecule has 2 amide bonds. The molecule has 0 aliphatic rings. The summed E-state index contributed by atoms with van der Waals surface area (Å²) in [6, 6.07) is 8.66. The second kappa shape index (κ2) is 7.64. The lowest BCUT2D eigenvalue weighted by atomic mass is 10.2. The molecule has 2 rings (SSSR count). The molecule has 122 valence electrons. The fraction of sp³-hybridized carbons (Fsp3) is 0.250. The summed E-state index contributed by atoms with van der Waals surface area (Å²) in [6.07, 6.45) is 0.765. The molecule has 0 saturated heterocycles. The zero-order valence-electron chi connectivity index (χ0n) is 12.9. The predicted molar refractivity (Wildman–Crippen MR) is 89.3 cm³/mol. The molecule has 1 aromatic heterocycles. The Hall–Kier alpha value is -2.54. The molecule has 7 heteroatoms. The van der Waals surface area contributed by atoms with Gasteiger partial charge in [-0.2, -0.15) is 0 Å². The summed E-state index contributed by atoms with van der Waals surface area (Å²) >= 11 is 1.34. The molecule has 0 spiro atoms. The van der Waals surface area contributed by atoms with Crippen LogP contribution in [0.4, 0.5) is 5.00 Å². The minimum absolute atomic E-state index is 0.176. The second-order valence-corrected chi connectivity index (χ2v) is 5.83. The van der Waals surface area contributed by atoms with Crippen molar-refractivity contribution in [2.24, 2.45) is 5.73 Å². The van der Waals surface area contributed by atoms with Crippen molar-refractivity contribution in [3.05, 3.63) is 40.8 Å². The number of aryl methyl sites for hydroxylation is 1. The minimum atomic E-state index is -0.565. The Morgan fingerprint density at radius 2 is 2.00 bits per heavy atom. The highest BCUT2D eigenvalue weighted by Gasteiger charge is 2.15. The number of benzene rings is 1. The summed E-state index contributed by atoms with van der Waals surface area (Å²) in [5.74, 6) is 0.240. The Morgan fingerprint density at radius 1 is 1.26 bits per heavy atom. The average Bonchev–Trinajstić information content (AvgIpc) is 2.96. The quantitative estimate of drug-likeness (QED) is 0.813. The van der Waals surface area contributed by atoms with Crippen LogP contribution in [0.3, 0.4) is 0 Å². The predicted octanol–water partition coefficient (Wildman–Crippen LogP) is 2.44. The zero-order valence-corrected chi connectivity index (χ0v) is 13.7. The number of hydrogen-bond acceptors (Lipinski definition) is 5. The number of anilines is 1. The van der Waals surface area contributed by atoms with E-state index >= 15 is 0 Å². The Kier molecular flexibility index (Phi) is 5.59. The maximum Gasteiger partial charge on any atom is 0.262 e. The number of carbonyl (C=O) groups excluding carboxylic acids is 2. The van der Waals surface area contributed by atoms with Gasteiger partial charge in [0.15, 0.2) is 6.61 Å². The largest absolute Gasteiger partial charge is 0.497 e. The van der Waals surface area contributed by atoms with Crippen LogP contribution < -0.4 is 20.5 Å². The standard InChI is InChI=1S/C16H18N2O4S/c1-3-12-8-13(15(17)20)16(23-12)18-14(19)9-22-11-6-4-5-10(7-11)21-2/h4-8H,3,9H2,1-2H3,(H2,17,20)(H,18,19). The number of nitrogens with one attached hydrogen (secondary N) is 1. The van der Waals surface area contributed by atoms with Crippen LogP contribution in [0.15, 0.2) is 30.3 Å². The SMILES string of the molecule is CCc1cc(C(N)=O)c(NC(=O)COc2cccc(OC)c2)s1. The molecule has 0 radical (unpaired) electrons. The molecule has 0 saturated carbocycles. The van der Waals surface area contributed by atoms with Crippen molar-refractivity contribution in [3.63, 3.8) is 0 Å². The fourth-order valence-electron chi connectivity index (χ4n) is 1.89. The van der Waals surface area contributed by atoms with E-state index in [2.05, 4.69) is 5.32 Å². The molecule has 3 N–H and O–H groups in total. The first kappa shape index (κ1) is 16.8. The molecule has 0 atom stereocenters. The third-order valence-electron chi connectivity index (χ3n) is 3.06. The highest BCUT2D eigenvalue weighted by molar-refractivity contribution is 7.16. The Labute approximate surface area is 138 Å². The summed E-state index contributed by atoms with van der Waals surface area (Å²) < 4.78 is 10.5. The highest BCUT2D eigenvalue weighted by Crippen LogP contribution is 2.28. The molecular formula is C16H18N2O4S. The lowest BCUT2D eigenvalue weighted by Gasteiger charge is -2.08. The number of rotatable bonds is 7. The average molecular weight is 334 g/mol. The summed E-state index contributed by atoms with van der Waals surface area (Å²) in [6.45, 7) is 1.79. The monoisotopic (exact) mass is 334 g/mol. The van der Waals surface area contributed by atoms with Gasteiger partial charge in [0, 0.05) is 10.9 Å². The first-order valence-electron chi connectivity index (χ1n) is 7.02. The van der Waals surface area contributed by atoms with Gasteiger partial charge < -0.3 is 20.5 Å². The van der Waals surface area contributed by atoms with E-state index in [0.29, 0.717) is 22.1 Å². The number of nitrogens with two attached hydrogens (primary N) is 1. The Morgan fingerprint density at radius 3 is 2.65 bits per heavy atom. The van der Waals surface area contributed by atoms with Crippen molar-refractivity contribution in [2.45, 2.75) is 13.3 Å². The molecule has 0 bridgehead atoms. The van der Waals surface area contributed by atoms with E-state index in [4.69, 9.17) is 15.2 Å². The smallest absolute Gasteiger partial charge is 0.262 e.